The highest BCUT2D eigenvalue weighted by molar-refractivity contribution is 6.68. The van der Waals surface area contributed by atoms with Crippen LogP contribution < -0.4 is 9.47 Å². The SMILES string of the molecule is COc1nc(C)cc(OC(F)(F)F)c1C(=O)Cl. The van der Waals surface area contributed by atoms with E-state index in [1.165, 1.54) is 6.92 Å². The number of rotatable bonds is 3. The maximum atomic E-state index is 12.1. The lowest BCUT2D eigenvalue weighted by Crippen LogP contribution is -2.19. The Bertz CT molecular complexity index is 448. The quantitative estimate of drug-likeness (QED) is 0.792. The molecule has 0 aromatic carbocycles. The van der Waals surface area contributed by atoms with Crippen molar-refractivity contribution in [2.45, 2.75) is 13.3 Å². The van der Waals surface area contributed by atoms with E-state index in [-0.39, 0.29) is 11.6 Å². The largest absolute Gasteiger partial charge is 0.573 e. The van der Waals surface area contributed by atoms with Gasteiger partial charge in [0.05, 0.1) is 7.11 Å². The number of carbonyl (C=O) groups excluding carboxylic acids is 1. The number of aryl methyl sites for hydroxylation is 1. The Hall–Kier alpha value is -1.50. The van der Waals surface area contributed by atoms with Crippen molar-refractivity contribution in [3.05, 3.63) is 17.3 Å². The maximum Gasteiger partial charge on any atom is 0.573 e. The zero-order valence-electron chi connectivity index (χ0n) is 8.76. The van der Waals surface area contributed by atoms with Gasteiger partial charge < -0.3 is 9.47 Å². The molecule has 0 saturated carbocycles. The number of pyridine rings is 1. The normalized spacial score (nSPS) is 11.2. The molecule has 1 rings (SSSR count). The Morgan fingerprint density at radius 2 is 2.06 bits per heavy atom. The number of nitrogens with zero attached hydrogens (tertiary/aromatic N) is 1. The number of hydrogen-bond donors (Lipinski definition) is 0. The van der Waals surface area contributed by atoms with Crippen LogP contribution in [0.25, 0.3) is 0 Å². The summed E-state index contributed by atoms with van der Waals surface area (Å²) in [5.74, 6) is -1.05. The predicted molar refractivity (Wildman–Crippen MR) is 52.4 cm³/mol. The molecule has 0 aliphatic carbocycles. The predicted octanol–water partition coefficient (Wildman–Crippen LogP) is 2.68. The van der Waals surface area contributed by atoms with Gasteiger partial charge in [0.15, 0.2) is 0 Å². The second-order valence-electron chi connectivity index (χ2n) is 2.97. The third-order valence-electron chi connectivity index (χ3n) is 1.69. The van der Waals surface area contributed by atoms with Gasteiger partial charge in [0, 0.05) is 11.8 Å². The van der Waals surface area contributed by atoms with Gasteiger partial charge in [-0.2, -0.15) is 0 Å². The number of aromatic nitrogens is 1. The number of carbonyl (C=O) groups is 1. The Kier molecular flexibility index (Phi) is 3.82. The molecule has 0 unspecified atom stereocenters. The van der Waals surface area contributed by atoms with Gasteiger partial charge in [-0.3, -0.25) is 4.79 Å². The van der Waals surface area contributed by atoms with E-state index in [1.54, 1.807) is 0 Å². The monoisotopic (exact) mass is 269 g/mol. The van der Waals surface area contributed by atoms with Gasteiger partial charge in [0.25, 0.3) is 5.24 Å². The van der Waals surface area contributed by atoms with Crippen molar-refractivity contribution in [1.29, 1.82) is 0 Å². The number of alkyl halides is 3. The zero-order valence-corrected chi connectivity index (χ0v) is 9.52. The van der Waals surface area contributed by atoms with Crippen LogP contribution in [0.15, 0.2) is 6.07 Å². The molecule has 94 valence electrons. The minimum atomic E-state index is -4.93. The van der Waals surface area contributed by atoms with Crippen LogP contribution >= 0.6 is 11.6 Å². The molecule has 4 nitrogen and oxygen atoms in total. The van der Waals surface area contributed by atoms with E-state index in [2.05, 4.69) is 14.5 Å². The molecule has 0 amide bonds. The van der Waals surface area contributed by atoms with E-state index in [4.69, 9.17) is 11.6 Å². The van der Waals surface area contributed by atoms with Crippen LogP contribution in [-0.4, -0.2) is 23.7 Å². The Morgan fingerprint density at radius 3 is 2.47 bits per heavy atom. The standard InChI is InChI=1S/C9H7ClF3NO3/c1-4-3-5(17-9(11,12)13)6(7(10)15)8(14-4)16-2/h3H,1-2H3. The average Bonchev–Trinajstić information content (AvgIpc) is 2.12. The van der Waals surface area contributed by atoms with Crippen molar-refractivity contribution in [2.75, 3.05) is 7.11 Å². The van der Waals surface area contributed by atoms with Crippen LogP contribution in [0.1, 0.15) is 16.1 Å². The second-order valence-corrected chi connectivity index (χ2v) is 3.31. The number of halogens is 4. The van der Waals surface area contributed by atoms with Gasteiger partial charge in [-0.25, -0.2) is 4.98 Å². The van der Waals surface area contributed by atoms with Crippen LogP contribution in [0, 0.1) is 6.92 Å². The van der Waals surface area contributed by atoms with Gasteiger partial charge in [-0.15, -0.1) is 13.2 Å². The second kappa shape index (κ2) is 4.79. The number of methoxy groups -OCH3 is 1. The van der Waals surface area contributed by atoms with Crippen molar-refractivity contribution in [1.82, 2.24) is 4.98 Å². The molecule has 1 heterocycles. The number of ether oxygens (including phenoxy) is 2. The molecule has 0 aliphatic heterocycles. The molecule has 0 aliphatic rings. The fourth-order valence-electron chi connectivity index (χ4n) is 1.15. The van der Waals surface area contributed by atoms with Crippen molar-refractivity contribution >= 4 is 16.8 Å². The van der Waals surface area contributed by atoms with Gasteiger partial charge in [0.1, 0.15) is 11.3 Å². The summed E-state index contributed by atoms with van der Waals surface area (Å²) in [7, 11) is 1.16. The smallest absolute Gasteiger partial charge is 0.480 e. The topological polar surface area (TPSA) is 48.4 Å². The van der Waals surface area contributed by atoms with Gasteiger partial charge in [0.2, 0.25) is 5.88 Å². The lowest BCUT2D eigenvalue weighted by atomic mass is 10.2. The molecular weight excluding hydrogens is 263 g/mol. The first-order valence-corrected chi connectivity index (χ1v) is 4.63. The minimum Gasteiger partial charge on any atom is -0.480 e. The summed E-state index contributed by atoms with van der Waals surface area (Å²) in [5.41, 5.74) is -0.361. The van der Waals surface area contributed by atoms with Crippen molar-refractivity contribution in [2.24, 2.45) is 0 Å². The van der Waals surface area contributed by atoms with E-state index in [9.17, 15) is 18.0 Å². The summed E-state index contributed by atoms with van der Waals surface area (Å²) in [6.45, 7) is 1.42. The molecule has 8 heteroatoms. The van der Waals surface area contributed by atoms with Crippen LogP contribution in [0.3, 0.4) is 0 Å². The highest BCUT2D eigenvalue weighted by atomic mass is 35.5. The van der Waals surface area contributed by atoms with Crippen LogP contribution in [0.2, 0.25) is 0 Å². The zero-order chi connectivity index (χ0) is 13.2. The molecule has 0 saturated heterocycles. The van der Waals surface area contributed by atoms with Gasteiger partial charge >= 0.3 is 6.36 Å². The van der Waals surface area contributed by atoms with E-state index >= 15 is 0 Å². The maximum absolute atomic E-state index is 12.1. The minimum absolute atomic E-state index is 0.197. The lowest BCUT2D eigenvalue weighted by Gasteiger charge is -2.13. The molecule has 0 N–H and O–H groups in total. The molecule has 17 heavy (non-hydrogen) atoms. The van der Waals surface area contributed by atoms with Crippen LogP contribution in [0.4, 0.5) is 13.2 Å². The first-order valence-electron chi connectivity index (χ1n) is 4.26. The molecule has 1 aromatic heterocycles. The molecule has 0 radical (unpaired) electrons. The number of hydrogen-bond acceptors (Lipinski definition) is 4. The summed E-state index contributed by atoms with van der Waals surface area (Å²) >= 11 is 5.17. The first kappa shape index (κ1) is 13.6. The van der Waals surface area contributed by atoms with Gasteiger partial charge in [-0.05, 0) is 18.5 Å². The van der Waals surface area contributed by atoms with Gasteiger partial charge in [-0.1, -0.05) is 0 Å². The molecule has 0 atom stereocenters. The highest BCUT2D eigenvalue weighted by Crippen LogP contribution is 2.33. The molecule has 0 fully saturated rings. The lowest BCUT2D eigenvalue weighted by molar-refractivity contribution is -0.274. The Labute approximate surface area is 99.3 Å². The van der Waals surface area contributed by atoms with E-state index in [0.29, 0.717) is 0 Å². The Balaban J connectivity index is 3.35. The highest BCUT2D eigenvalue weighted by Gasteiger charge is 2.34. The molecule has 0 bridgehead atoms. The Morgan fingerprint density at radius 1 is 1.47 bits per heavy atom. The summed E-state index contributed by atoms with van der Waals surface area (Å²) in [4.78, 5) is 14.8. The fraction of sp³-hybridized carbons (Fsp3) is 0.333. The third kappa shape index (κ3) is 3.48. The summed E-state index contributed by atoms with van der Waals surface area (Å²) < 4.78 is 44.7. The molecule has 1 aromatic rings. The summed E-state index contributed by atoms with van der Waals surface area (Å²) in [6, 6.07) is 0.950. The van der Waals surface area contributed by atoms with Crippen LogP contribution in [0.5, 0.6) is 11.6 Å². The molecule has 0 spiro atoms. The van der Waals surface area contributed by atoms with Crippen molar-refractivity contribution in [3.8, 4) is 11.6 Å². The first-order chi connectivity index (χ1) is 7.74. The summed E-state index contributed by atoms with van der Waals surface area (Å²) in [5, 5.41) is -1.14. The van der Waals surface area contributed by atoms with Crippen molar-refractivity contribution < 1.29 is 27.4 Å². The molecular formula is C9H7ClF3NO3. The fourth-order valence-corrected chi connectivity index (χ4v) is 1.32. The third-order valence-corrected chi connectivity index (χ3v) is 1.88. The van der Waals surface area contributed by atoms with E-state index in [0.717, 1.165) is 13.2 Å². The average molecular weight is 270 g/mol. The summed E-state index contributed by atoms with van der Waals surface area (Å²) in [6.07, 6.45) is -4.93. The van der Waals surface area contributed by atoms with Crippen molar-refractivity contribution in [3.63, 3.8) is 0 Å². The van der Waals surface area contributed by atoms with E-state index in [1.807, 2.05) is 0 Å². The van der Waals surface area contributed by atoms with E-state index < -0.39 is 22.9 Å². The van der Waals surface area contributed by atoms with Crippen LogP contribution in [-0.2, 0) is 0 Å².